The third-order valence-electron chi connectivity index (χ3n) is 3.81. The maximum absolute atomic E-state index is 12.4. The Morgan fingerprint density at radius 1 is 1.40 bits per heavy atom. The van der Waals surface area contributed by atoms with Crippen LogP contribution in [-0.2, 0) is 9.53 Å². The van der Waals surface area contributed by atoms with Gasteiger partial charge in [0.2, 0.25) is 0 Å². The van der Waals surface area contributed by atoms with Gasteiger partial charge in [0.05, 0.1) is 13.2 Å². The topological polar surface area (TPSA) is 64.8 Å². The Bertz CT molecular complexity index is 443. The minimum Gasteiger partial charge on any atom is -0.497 e. The number of ether oxygens (including phenoxy) is 2. The molecule has 1 aliphatic rings. The predicted octanol–water partition coefficient (Wildman–Crippen LogP) is 1.33. The first-order chi connectivity index (χ1) is 9.71. The SMILES string of the molecule is COc1ccc(C2CCCN2C(=O)C(CN)OC)cc1. The van der Waals surface area contributed by atoms with Gasteiger partial charge in [0.1, 0.15) is 11.9 Å². The average Bonchev–Trinajstić information content (AvgIpc) is 2.98. The Hall–Kier alpha value is -1.59. The predicted molar refractivity (Wildman–Crippen MR) is 76.5 cm³/mol. The second-order valence-corrected chi connectivity index (χ2v) is 4.92. The fourth-order valence-corrected chi connectivity index (χ4v) is 2.69. The molecule has 2 unspecified atom stereocenters. The summed E-state index contributed by atoms with van der Waals surface area (Å²) >= 11 is 0. The van der Waals surface area contributed by atoms with Gasteiger partial charge < -0.3 is 20.1 Å². The van der Waals surface area contributed by atoms with Gasteiger partial charge in [-0.25, -0.2) is 0 Å². The van der Waals surface area contributed by atoms with E-state index in [2.05, 4.69) is 0 Å². The molecule has 1 aliphatic heterocycles. The Balaban J connectivity index is 2.15. The second kappa shape index (κ2) is 6.72. The van der Waals surface area contributed by atoms with E-state index in [-0.39, 0.29) is 18.5 Å². The van der Waals surface area contributed by atoms with E-state index >= 15 is 0 Å². The molecule has 0 radical (unpaired) electrons. The first-order valence-corrected chi connectivity index (χ1v) is 6.88. The van der Waals surface area contributed by atoms with Gasteiger partial charge in [-0.15, -0.1) is 0 Å². The summed E-state index contributed by atoms with van der Waals surface area (Å²) in [6.45, 7) is 0.969. The van der Waals surface area contributed by atoms with E-state index < -0.39 is 6.10 Å². The number of likely N-dealkylation sites (tertiary alicyclic amines) is 1. The Kier molecular flexibility index (Phi) is 4.98. The fourth-order valence-electron chi connectivity index (χ4n) is 2.69. The van der Waals surface area contributed by atoms with E-state index in [0.717, 1.165) is 30.7 Å². The summed E-state index contributed by atoms with van der Waals surface area (Å²) < 4.78 is 10.3. The number of carbonyl (C=O) groups is 1. The Morgan fingerprint density at radius 2 is 2.10 bits per heavy atom. The van der Waals surface area contributed by atoms with Crippen molar-refractivity contribution < 1.29 is 14.3 Å². The number of amides is 1. The van der Waals surface area contributed by atoms with Crippen LogP contribution in [0.2, 0.25) is 0 Å². The van der Waals surface area contributed by atoms with Gasteiger partial charge in [-0.05, 0) is 30.5 Å². The van der Waals surface area contributed by atoms with Crippen molar-refractivity contribution in [2.24, 2.45) is 5.73 Å². The van der Waals surface area contributed by atoms with Crippen LogP contribution in [0.3, 0.4) is 0 Å². The molecular formula is C15H22N2O3. The van der Waals surface area contributed by atoms with Crippen molar-refractivity contribution in [2.45, 2.75) is 25.0 Å². The van der Waals surface area contributed by atoms with E-state index in [4.69, 9.17) is 15.2 Å². The zero-order valence-electron chi connectivity index (χ0n) is 12.0. The van der Waals surface area contributed by atoms with E-state index in [1.165, 1.54) is 7.11 Å². The summed E-state index contributed by atoms with van der Waals surface area (Å²) in [7, 11) is 3.17. The van der Waals surface area contributed by atoms with Crippen molar-refractivity contribution >= 4 is 5.91 Å². The van der Waals surface area contributed by atoms with Gasteiger partial charge in [-0.3, -0.25) is 4.79 Å². The van der Waals surface area contributed by atoms with Gasteiger partial charge in [0.15, 0.2) is 0 Å². The lowest BCUT2D eigenvalue weighted by molar-refractivity contribution is -0.142. The number of hydrogen-bond acceptors (Lipinski definition) is 4. The van der Waals surface area contributed by atoms with Gasteiger partial charge in [-0.2, -0.15) is 0 Å². The summed E-state index contributed by atoms with van der Waals surface area (Å²) in [6.07, 6.45) is 1.43. The molecule has 1 amide bonds. The molecule has 1 aromatic carbocycles. The molecule has 1 fully saturated rings. The Labute approximate surface area is 119 Å². The highest BCUT2D eigenvalue weighted by Gasteiger charge is 2.33. The molecule has 0 aliphatic carbocycles. The van der Waals surface area contributed by atoms with Gasteiger partial charge in [0.25, 0.3) is 5.91 Å². The third kappa shape index (κ3) is 2.94. The van der Waals surface area contributed by atoms with E-state index in [9.17, 15) is 4.79 Å². The van der Waals surface area contributed by atoms with Crippen LogP contribution in [0.25, 0.3) is 0 Å². The second-order valence-electron chi connectivity index (χ2n) is 4.92. The summed E-state index contributed by atoms with van der Waals surface area (Å²) in [6, 6.07) is 7.98. The van der Waals surface area contributed by atoms with Crippen molar-refractivity contribution in [3.05, 3.63) is 29.8 Å². The molecule has 0 bridgehead atoms. The highest BCUT2D eigenvalue weighted by atomic mass is 16.5. The lowest BCUT2D eigenvalue weighted by Gasteiger charge is -2.28. The fraction of sp³-hybridized carbons (Fsp3) is 0.533. The zero-order chi connectivity index (χ0) is 14.5. The minimum absolute atomic E-state index is 0.0201. The lowest BCUT2D eigenvalue weighted by Crippen LogP contribution is -2.43. The van der Waals surface area contributed by atoms with Gasteiger partial charge in [-0.1, -0.05) is 12.1 Å². The summed E-state index contributed by atoms with van der Waals surface area (Å²) in [4.78, 5) is 14.3. The maximum Gasteiger partial charge on any atom is 0.253 e. The number of carbonyl (C=O) groups excluding carboxylic acids is 1. The largest absolute Gasteiger partial charge is 0.497 e. The molecule has 110 valence electrons. The number of benzene rings is 1. The molecular weight excluding hydrogens is 256 g/mol. The molecule has 0 saturated carbocycles. The number of rotatable bonds is 5. The van der Waals surface area contributed by atoms with Gasteiger partial charge >= 0.3 is 0 Å². The lowest BCUT2D eigenvalue weighted by atomic mass is 10.0. The highest BCUT2D eigenvalue weighted by Crippen LogP contribution is 2.33. The number of methoxy groups -OCH3 is 2. The summed E-state index contributed by atoms with van der Waals surface area (Å²) in [5, 5.41) is 0. The average molecular weight is 278 g/mol. The standard InChI is InChI=1S/C15H22N2O3/c1-19-12-7-5-11(6-8-12)13-4-3-9-17(13)15(18)14(10-16)20-2/h5-8,13-14H,3-4,9-10,16H2,1-2H3. The number of nitrogens with zero attached hydrogens (tertiary/aromatic N) is 1. The van der Waals surface area contributed by atoms with Crippen molar-refractivity contribution in [3.8, 4) is 5.75 Å². The molecule has 5 nitrogen and oxygen atoms in total. The molecule has 2 N–H and O–H groups in total. The normalized spacial score (nSPS) is 19.9. The number of nitrogens with two attached hydrogens (primary N) is 1. The Morgan fingerprint density at radius 3 is 2.65 bits per heavy atom. The molecule has 0 spiro atoms. The molecule has 2 atom stereocenters. The summed E-state index contributed by atoms with van der Waals surface area (Å²) in [5.41, 5.74) is 6.71. The summed E-state index contributed by atoms with van der Waals surface area (Å²) in [5.74, 6) is 0.801. The smallest absolute Gasteiger partial charge is 0.253 e. The molecule has 1 saturated heterocycles. The van der Waals surface area contributed by atoms with Crippen molar-refractivity contribution in [1.29, 1.82) is 0 Å². The first-order valence-electron chi connectivity index (χ1n) is 6.88. The molecule has 0 aromatic heterocycles. The first kappa shape index (κ1) is 14.8. The molecule has 2 rings (SSSR count). The van der Waals surface area contributed by atoms with Crippen LogP contribution in [0.1, 0.15) is 24.4 Å². The molecule has 5 heteroatoms. The van der Waals surface area contributed by atoms with E-state index in [0.29, 0.717) is 0 Å². The van der Waals surface area contributed by atoms with Crippen molar-refractivity contribution in [3.63, 3.8) is 0 Å². The third-order valence-corrected chi connectivity index (χ3v) is 3.81. The van der Waals surface area contributed by atoms with Gasteiger partial charge in [0, 0.05) is 20.2 Å². The molecule has 1 heterocycles. The highest BCUT2D eigenvalue weighted by molar-refractivity contribution is 5.82. The monoisotopic (exact) mass is 278 g/mol. The minimum atomic E-state index is -0.547. The van der Waals surface area contributed by atoms with Crippen LogP contribution < -0.4 is 10.5 Å². The quantitative estimate of drug-likeness (QED) is 0.882. The van der Waals surface area contributed by atoms with Crippen LogP contribution in [0, 0.1) is 0 Å². The van der Waals surface area contributed by atoms with Crippen molar-refractivity contribution in [2.75, 3.05) is 27.3 Å². The van der Waals surface area contributed by atoms with Crippen LogP contribution in [0.4, 0.5) is 0 Å². The van der Waals surface area contributed by atoms with Crippen molar-refractivity contribution in [1.82, 2.24) is 4.90 Å². The van der Waals surface area contributed by atoms with E-state index in [1.54, 1.807) is 7.11 Å². The van der Waals surface area contributed by atoms with Crippen LogP contribution in [-0.4, -0.2) is 44.2 Å². The van der Waals surface area contributed by atoms with E-state index in [1.807, 2.05) is 29.2 Å². The number of hydrogen-bond donors (Lipinski definition) is 1. The van der Waals surface area contributed by atoms with Crippen LogP contribution in [0.5, 0.6) is 5.75 Å². The zero-order valence-corrected chi connectivity index (χ0v) is 12.0. The molecule has 1 aromatic rings. The van der Waals surface area contributed by atoms with Crippen LogP contribution in [0.15, 0.2) is 24.3 Å². The van der Waals surface area contributed by atoms with Crippen LogP contribution >= 0.6 is 0 Å². The maximum atomic E-state index is 12.4. The molecule has 20 heavy (non-hydrogen) atoms.